The minimum atomic E-state index is 0.0990. The fourth-order valence-corrected chi connectivity index (χ4v) is 2.67. The fourth-order valence-electron chi connectivity index (χ4n) is 2.67. The molecule has 1 atom stereocenters. The molecule has 0 amide bonds. The predicted octanol–water partition coefficient (Wildman–Crippen LogP) is 2.61. The SMILES string of the molecule is Cc1cc(C)cc(CC2COCC(C)(C)N2)c1. The molecule has 1 aromatic carbocycles. The largest absolute Gasteiger partial charge is 0.378 e. The van der Waals surface area contributed by atoms with Crippen LogP contribution in [-0.4, -0.2) is 24.8 Å². The highest BCUT2D eigenvalue weighted by Gasteiger charge is 2.27. The molecule has 1 N–H and O–H groups in total. The summed E-state index contributed by atoms with van der Waals surface area (Å²) in [6, 6.07) is 7.20. The van der Waals surface area contributed by atoms with E-state index in [-0.39, 0.29) is 5.54 Å². The first kappa shape index (κ1) is 12.6. The van der Waals surface area contributed by atoms with Gasteiger partial charge in [0.05, 0.1) is 13.2 Å². The number of benzene rings is 1. The zero-order valence-corrected chi connectivity index (χ0v) is 11.3. The van der Waals surface area contributed by atoms with E-state index in [2.05, 4.69) is 51.2 Å². The van der Waals surface area contributed by atoms with Crippen molar-refractivity contribution in [3.05, 3.63) is 34.9 Å². The van der Waals surface area contributed by atoms with Crippen molar-refractivity contribution in [1.82, 2.24) is 5.32 Å². The molecule has 0 aliphatic carbocycles. The molecule has 1 heterocycles. The Morgan fingerprint density at radius 1 is 1.24 bits per heavy atom. The van der Waals surface area contributed by atoms with Gasteiger partial charge in [0, 0.05) is 11.6 Å². The molecule has 94 valence electrons. The standard InChI is InChI=1S/C15H23NO/c1-11-5-12(2)7-13(6-11)8-14-9-17-10-15(3,4)16-14/h5-7,14,16H,8-10H2,1-4H3. The van der Waals surface area contributed by atoms with Gasteiger partial charge in [0.15, 0.2) is 0 Å². The lowest BCUT2D eigenvalue weighted by molar-refractivity contribution is 0.0135. The Labute approximate surface area is 104 Å². The molecule has 1 saturated heterocycles. The number of hydrogen-bond acceptors (Lipinski definition) is 2. The highest BCUT2D eigenvalue weighted by atomic mass is 16.5. The minimum absolute atomic E-state index is 0.0990. The van der Waals surface area contributed by atoms with Crippen molar-refractivity contribution >= 4 is 0 Å². The molecule has 0 spiro atoms. The maximum absolute atomic E-state index is 5.67. The van der Waals surface area contributed by atoms with Gasteiger partial charge in [-0.25, -0.2) is 0 Å². The molecule has 1 fully saturated rings. The Balaban J connectivity index is 2.05. The zero-order chi connectivity index (χ0) is 12.5. The summed E-state index contributed by atoms with van der Waals surface area (Å²) in [6.45, 7) is 10.3. The second-order valence-electron chi connectivity index (χ2n) is 5.94. The van der Waals surface area contributed by atoms with Crippen LogP contribution in [0.5, 0.6) is 0 Å². The van der Waals surface area contributed by atoms with Crippen LogP contribution in [0.25, 0.3) is 0 Å². The summed E-state index contributed by atoms with van der Waals surface area (Å²) < 4.78 is 5.67. The molecular formula is C15H23NO. The Hall–Kier alpha value is -0.860. The van der Waals surface area contributed by atoms with Crippen LogP contribution in [0.2, 0.25) is 0 Å². The van der Waals surface area contributed by atoms with Crippen LogP contribution in [0, 0.1) is 13.8 Å². The average molecular weight is 233 g/mol. The fraction of sp³-hybridized carbons (Fsp3) is 0.600. The van der Waals surface area contributed by atoms with E-state index in [1.165, 1.54) is 16.7 Å². The Bertz CT molecular complexity index is 378. The van der Waals surface area contributed by atoms with E-state index in [1.807, 2.05) is 0 Å². The summed E-state index contributed by atoms with van der Waals surface area (Å²) in [5, 5.41) is 3.66. The van der Waals surface area contributed by atoms with Crippen molar-refractivity contribution in [2.75, 3.05) is 13.2 Å². The van der Waals surface area contributed by atoms with Crippen molar-refractivity contribution < 1.29 is 4.74 Å². The van der Waals surface area contributed by atoms with Crippen LogP contribution in [0.1, 0.15) is 30.5 Å². The average Bonchev–Trinajstić information content (AvgIpc) is 2.13. The monoisotopic (exact) mass is 233 g/mol. The van der Waals surface area contributed by atoms with Gasteiger partial charge in [0.25, 0.3) is 0 Å². The number of rotatable bonds is 2. The highest BCUT2D eigenvalue weighted by molar-refractivity contribution is 5.29. The first-order valence-electron chi connectivity index (χ1n) is 6.37. The van der Waals surface area contributed by atoms with Gasteiger partial charge in [-0.05, 0) is 39.7 Å². The van der Waals surface area contributed by atoms with Gasteiger partial charge in [0.1, 0.15) is 0 Å². The van der Waals surface area contributed by atoms with Crippen molar-refractivity contribution in [3.63, 3.8) is 0 Å². The summed E-state index contributed by atoms with van der Waals surface area (Å²) >= 11 is 0. The van der Waals surface area contributed by atoms with Gasteiger partial charge in [-0.1, -0.05) is 29.3 Å². The molecule has 1 aliphatic heterocycles. The summed E-state index contributed by atoms with van der Waals surface area (Å²) in [5.74, 6) is 0. The van der Waals surface area contributed by atoms with Crippen molar-refractivity contribution in [2.24, 2.45) is 0 Å². The molecule has 2 rings (SSSR count). The predicted molar refractivity (Wildman–Crippen MR) is 71.4 cm³/mol. The molecule has 0 bridgehead atoms. The van der Waals surface area contributed by atoms with Crippen molar-refractivity contribution in [3.8, 4) is 0 Å². The molecule has 2 nitrogen and oxygen atoms in total. The molecule has 1 aliphatic rings. The first-order valence-corrected chi connectivity index (χ1v) is 6.37. The van der Waals surface area contributed by atoms with Crippen LogP contribution in [0.4, 0.5) is 0 Å². The lowest BCUT2D eigenvalue weighted by atomic mass is 9.97. The van der Waals surface area contributed by atoms with Crippen LogP contribution < -0.4 is 5.32 Å². The number of nitrogens with one attached hydrogen (secondary N) is 1. The summed E-state index contributed by atoms with van der Waals surface area (Å²) in [4.78, 5) is 0. The van der Waals surface area contributed by atoms with Gasteiger partial charge >= 0.3 is 0 Å². The zero-order valence-electron chi connectivity index (χ0n) is 11.3. The third-order valence-corrected chi connectivity index (χ3v) is 3.14. The van der Waals surface area contributed by atoms with E-state index >= 15 is 0 Å². The molecule has 17 heavy (non-hydrogen) atoms. The second-order valence-corrected chi connectivity index (χ2v) is 5.94. The van der Waals surface area contributed by atoms with Gasteiger partial charge in [0.2, 0.25) is 0 Å². The summed E-state index contributed by atoms with van der Waals surface area (Å²) in [7, 11) is 0. The summed E-state index contributed by atoms with van der Waals surface area (Å²) in [6.07, 6.45) is 1.05. The van der Waals surface area contributed by atoms with Crippen molar-refractivity contribution in [1.29, 1.82) is 0 Å². The number of ether oxygens (including phenoxy) is 1. The lowest BCUT2D eigenvalue weighted by Gasteiger charge is -2.37. The van der Waals surface area contributed by atoms with Crippen LogP contribution in [0.15, 0.2) is 18.2 Å². The number of morpholine rings is 1. The summed E-state index contributed by atoms with van der Waals surface area (Å²) in [5.41, 5.74) is 4.19. The Kier molecular flexibility index (Phi) is 3.55. The Morgan fingerprint density at radius 2 is 1.88 bits per heavy atom. The topological polar surface area (TPSA) is 21.3 Å². The molecule has 0 radical (unpaired) electrons. The molecular weight excluding hydrogens is 210 g/mol. The van der Waals surface area contributed by atoms with Crippen LogP contribution >= 0.6 is 0 Å². The number of aryl methyl sites for hydroxylation is 2. The molecule has 2 heteroatoms. The van der Waals surface area contributed by atoms with E-state index < -0.39 is 0 Å². The van der Waals surface area contributed by atoms with Gasteiger partial charge in [-0.15, -0.1) is 0 Å². The van der Waals surface area contributed by atoms with Crippen LogP contribution in [-0.2, 0) is 11.2 Å². The molecule has 1 aromatic rings. The highest BCUT2D eigenvalue weighted by Crippen LogP contribution is 2.16. The smallest absolute Gasteiger partial charge is 0.0643 e. The molecule has 1 unspecified atom stereocenters. The second kappa shape index (κ2) is 4.79. The van der Waals surface area contributed by atoms with E-state index in [0.29, 0.717) is 6.04 Å². The minimum Gasteiger partial charge on any atom is -0.378 e. The number of hydrogen-bond donors (Lipinski definition) is 1. The van der Waals surface area contributed by atoms with E-state index in [9.17, 15) is 0 Å². The van der Waals surface area contributed by atoms with Crippen molar-refractivity contribution in [2.45, 2.75) is 45.7 Å². The van der Waals surface area contributed by atoms with Gasteiger partial charge in [-0.2, -0.15) is 0 Å². The maximum Gasteiger partial charge on any atom is 0.0643 e. The molecule has 0 aromatic heterocycles. The third-order valence-electron chi connectivity index (χ3n) is 3.14. The quantitative estimate of drug-likeness (QED) is 0.848. The van der Waals surface area contributed by atoms with Gasteiger partial charge in [-0.3, -0.25) is 0 Å². The lowest BCUT2D eigenvalue weighted by Crippen LogP contribution is -2.56. The van der Waals surface area contributed by atoms with Crippen LogP contribution in [0.3, 0.4) is 0 Å². The Morgan fingerprint density at radius 3 is 2.47 bits per heavy atom. The normalized spacial score (nSPS) is 23.6. The van der Waals surface area contributed by atoms with Gasteiger partial charge < -0.3 is 10.1 Å². The van der Waals surface area contributed by atoms with E-state index in [4.69, 9.17) is 4.74 Å². The molecule has 0 saturated carbocycles. The van der Waals surface area contributed by atoms with E-state index in [0.717, 1.165) is 19.6 Å². The maximum atomic E-state index is 5.67. The van der Waals surface area contributed by atoms with E-state index in [1.54, 1.807) is 0 Å². The third kappa shape index (κ3) is 3.55. The first-order chi connectivity index (χ1) is 7.94.